The highest BCUT2D eigenvalue weighted by Crippen LogP contribution is 2.39. The van der Waals surface area contributed by atoms with Crippen LogP contribution in [0.4, 0.5) is 16.3 Å². The van der Waals surface area contributed by atoms with Crippen LogP contribution in [-0.4, -0.2) is 52.0 Å². The van der Waals surface area contributed by atoms with Crippen molar-refractivity contribution in [3.8, 4) is 6.07 Å². The van der Waals surface area contributed by atoms with Crippen LogP contribution in [0.3, 0.4) is 0 Å². The molecule has 2 bridgehead atoms. The van der Waals surface area contributed by atoms with E-state index in [1.165, 1.54) is 17.7 Å². The molecule has 2 aliphatic heterocycles. The number of piperazine rings is 1. The minimum absolute atomic E-state index is 0.132. The highest BCUT2D eigenvalue weighted by Gasteiger charge is 2.43. The molecule has 156 valence electrons. The maximum atomic E-state index is 12.9. The Labute approximate surface area is 182 Å². The normalized spacial score (nSPS) is 20.0. The third-order valence-corrected chi connectivity index (χ3v) is 6.93. The summed E-state index contributed by atoms with van der Waals surface area (Å²) in [5, 5.41) is 12.0. The Morgan fingerprint density at radius 3 is 2.68 bits per heavy atom. The quantitative estimate of drug-likeness (QED) is 0.653. The number of carbonyl (C=O) groups is 2. The summed E-state index contributed by atoms with van der Waals surface area (Å²) < 4.78 is 0.847. The summed E-state index contributed by atoms with van der Waals surface area (Å²) in [5.74, 6) is 0.329. The van der Waals surface area contributed by atoms with E-state index >= 15 is 0 Å². The maximum Gasteiger partial charge on any atom is 0.321 e. The van der Waals surface area contributed by atoms with Gasteiger partial charge in [-0.1, -0.05) is 6.07 Å². The molecule has 9 nitrogen and oxygen atoms in total. The monoisotopic (exact) mass is 433 g/mol. The van der Waals surface area contributed by atoms with Gasteiger partial charge in [0.15, 0.2) is 5.82 Å². The molecule has 2 fully saturated rings. The van der Waals surface area contributed by atoms with Gasteiger partial charge in [-0.2, -0.15) is 5.26 Å². The number of primary amides is 1. The van der Waals surface area contributed by atoms with Gasteiger partial charge in [0, 0.05) is 30.9 Å². The lowest BCUT2D eigenvalue weighted by atomic mass is 10.2. The Kier molecular flexibility index (Phi) is 4.67. The zero-order valence-corrected chi connectivity index (χ0v) is 17.3. The van der Waals surface area contributed by atoms with Gasteiger partial charge in [-0.05, 0) is 37.1 Å². The van der Waals surface area contributed by atoms with E-state index in [4.69, 9.17) is 11.0 Å². The average molecular weight is 433 g/mol. The van der Waals surface area contributed by atoms with E-state index < -0.39 is 5.91 Å². The summed E-state index contributed by atoms with van der Waals surface area (Å²) >= 11 is 1.31. The summed E-state index contributed by atoms with van der Waals surface area (Å²) in [6, 6.07) is 10.8. The Morgan fingerprint density at radius 2 is 1.97 bits per heavy atom. The second-order valence-electron chi connectivity index (χ2n) is 7.71. The summed E-state index contributed by atoms with van der Waals surface area (Å²) in [5.41, 5.74) is 7.26. The molecule has 4 heterocycles. The topological polar surface area (TPSA) is 128 Å². The number of nitrogens with one attached hydrogen (secondary N) is 1. The summed E-state index contributed by atoms with van der Waals surface area (Å²) in [7, 11) is 0. The molecule has 3 amide bonds. The average Bonchev–Trinajstić information content (AvgIpc) is 3.32. The molecule has 0 spiro atoms. The predicted octanol–water partition coefficient (Wildman–Crippen LogP) is 2.55. The van der Waals surface area contributed by atoms with Crippen molar-refractivity contribution < 1.29 is 9.59 Å². The Morgan fingerprint density at radius 1 is 1.19 bits per heavy atom. The molecule has 2 atom stereocenters. The van der Waals surface area contributed by atoms with Crippen molar-refractivity contribution in [3.05, 3.63) is 47.1 Å². The van der Waals surface area contributed by atoms with Gasteiger partial charge in [-0.15, -0.1) is 11.3 Å². The highest BCUT2D eigenvalue weighted by molar-refractivity contribution is 7.21. The van der Waals surface area contributed by atoms with Crippen LogP contribution in [0.1, 0.15) is 28.1 Å². The second-order valence-corrected chi connectivity index (χ2v) is 8.76. The minimum Gasteiger partial charge on any atom is -0.365 e. The van der Waals surface area contributed by atoms with Gasteiger partial charge in [0.05, 0.1) is 26.7 Å². The molecule has 1 aromatic carbocycles. The van der Waals surface area contributed by atoms with Gasteiger partial charge >= 0.3 is 6.03 Å². The van der Waals surface area contributed by atoms with Gasteiger partial charge < -0.3 is 20.9 Å². The molecule has 2 aliphatic rings. The van der Waals surface area contributed by atoms with E-state index in [-0.39, 0.29) is 18.1 Å². The first-order valence-corrected chi connectivity index (χ1v) is 10.7. The molecular formula is C21H19N7O2S. The molecule has 10 heteroatoms. The number of carbonyl (C=O) groups excluding carboxylic acids is 2. The number of rotatable bonds is 3. The molecule has 0 unspecified atom stereocenters. The van der Waals surface area contributed by atoms with E-state index in [0.29, 0.717) is 34.7 Å². The Hall–Kier alpha value is -3.71. The molecule has 2 saturated heterocycles. The molecule has 0 radical (unpaired) electrons. The van der Waals surface area contributed by atoms with Crippen LogP contribution in [0, 0.1) is 11.3 Å². The summed E-state index contributed by atoms with van der Waals surface area (Å²) in [6.07, 6.45) is 3.42. The van der Waals surface area contributed by atoms with Gasteiger partial charge in [0.1, 0.15) is 6.33 Å². The number of urea groups is 1. The smallest absolute Gasteiger partial charge is 0.321 e. The zero-order chi connectivity index (χ0) is 21.5. The van der Waals surface area contributed by atoms with Crippen molar-refractivity contribution in [1.29, 1.82) is 5.26 Å². The largest absolute Gasteiger partial charge is 0.365 e. The lowest BCUT2D eigenvalue weighted by molar-refractivity contribution is 0.100. The fraction of sp³-hybridized carbons (Fsp3) is 0.286. The molecular weight excluding hydrogens is 414 g/mol. The van der Waals surface area contributed by atoms with Gasteiger partial charge in [0.25, 0.3) is 5.91 Å². The first kappa shape index (κ1) is 19.3. The number of anilines is 2. The first-order valence-electron chi connectivity index (χ1n) is 9.92. The molecule has 3 N–H and O–H groups in total. The van der Waals surface area contributed by atoms with E-state index in [1.807, 2.05) is 4.90 Å². The van der Waals surface area contributed by atoms with Crippen LogP contribution in [0.15, 0.2) is 36.7 Å². The second kappa shape index (κ2) is 7.52. The lowest BCUT2D eigenvalue weighted by Crippen LogP contribution is -2.56. The fourth-order valence-electron chi connectivity index (χ4n) is 4.43. The van der Waals surface area contributed by atoms with Crippen molar-refractivity contribution >= 4 is 45.0 Å². The number of nitrogens with zero attached hydrogens (tertiary/aromatic N) is 5. The van der Waals surface area contributed by atoms with Crippen LogP contribution in [0.5, 0.6) is 0 Å². The first-order chi connectivity index (χ1) is 15.0. The van der Waals surface area contributed by atoms with Crippen LogP contribution in [0.25, 0.3) is 10.2 Å². The van der Waals surface area contributed by atoms with Crippen molar-refractivity contribution in [2.24, 2.45) is 5.73 Å². The predicted molar refractivity (Wildman–Crippen MR) is 117 cm³/mol. The van der Waals surface area contributed by atoms with E-state index in [9.17, 15) is 9.59 Å². The number of benzene rings is 1. The van der Waals surface area contributed by atoms with E-state index in [1.54, 1.807) is 30.3 Å². The number of thiophene rings is 1. The Balaban J connectivity index is 1.37. The number of likely N-dealkylation sites (tertiary alicyclic amines) is 1. The van der Waals surface area contributed by atoms with E-state index in [0.717, 1.165) is 23.4 Å². The van der Waals surface area contributed by atoms with Crippen LogP contribution in [0.2, 0.25) is 0 Å². The third-order valence-electron chi connectivity index (χ3n) is 5.79. The van der Waals surface area contributed by atoms with E-state index in [2.05, 4.69) is 26.3 Å². The van der Waals surface area contributed by atoms with Gasteiger partial charge in [0.2, 0.25) is 0 Å². The minimum atomic E-state index is -0.473. The molecule has 0 aliphatic carbocycles. The third kappa shape index (κ3) is 3.43. The van der Waals surface area contributed by atoms with Gasteiger partial charge in [-0.3, -0.25) is 4.79 Å². The van der Waals surface area contributed by atoms with Crippen molar-refractivity contribution in [2.75, 3.05) is 23.3 Å². The molecule has 31 heavy (non-hydrogen) atoms. The number of fused-ring (bicyclic) bond motifs is 3. The molecule has 5 rings (SSSR count). The van der Waals surface area contributed by atoms with Crippen LogP contribution < -0.4 is 16.0 Å². The fourth-order valence-corrected chi connectivity index (χ4v) is 5.39. The number of nitrogens with two attached hydrogens (primary N) is 1. The number of hydrogen-bond donors (Lipinski definition) is 2. The number of amides is 3. The van der Waals surface area contributed by atoms with Crippen LogP contribution in [-0.2, 0) is 0 Å². The SMILES string of the molecule is N#Cc1cccc(NC(=O)N2C[C@H]3CC[C@@H](C2)N3c2ncnc3cc(C(N)=O)sc23)c1. The van der Waals surface area contributed by atoms with Crippen molar-refractivity contribution in [2.45, 2.75) is 24.9 Å². The number of aromatic nitrogens is 2. The lowest BCUT2D eigenvalue weighted by Gasteiger charge is -2.41. The standard InChI is InChI=1S/C21H19N7O2S/c22-8-12-2-1-3-13(6-12)26-21(30)27-9-14-4-5-15(10-27)28(14)20-18-16(24-11-25-20)7-17(31-18)19(23)29/h1-3,6-7,11,14-15H,4-5,9-10H2,(H2,23,29)(H,26,30)/t14-,15+. The van der Waals surface area contributed by atoms with Gasteiger partial charge in [-0.25, -0.2) is 14.8 Å². The van der Waals surface area contributed by atoms with Crippen molar-refractivity contribution in [3.63, 3.8) is 0 Å². The Bertz CT molecular complexity index is 1220. The number of nitriles is 1. The maximum absolute atomic E-state index is 12.9. The highest BCUT2D eigenvalue weighted by atomic mass is 32.1. The molecule has 3 aromatic rings. The zero-order valence-electron chi connectivity index (χ0n) is 16.5. The molecule has 0 saturated carbocycles. The van der Waals surface area contributed by atoms with Crippen LogP contribution >= 0.6 is 11.3 Å². The summed E-state index contributed by atoms with van der Waals surface area (Å²) in [6.45, 7) is 1.14. The summed E-state index contributed by atoms with van der Waals surface area (Å²) in [4.78, 5) is 37.8. The molecule has 2 aromatic heterocycles. The number of hydrogen-bond acceptors (Lipinski definition) is 7. The van der Waals surface area contributed by atoms with Crippen molar-refractivity contribution in [1.82, 2.24) is 14.9 Å².